The fraction of sp³-hybridized carbons (Fsp3) is 0.562. The Morgan fingerprint density at radius 3 is 2.11 bits per heavy atom. The third-order valence-corrected chi connectivity index (χ3v) is 5.58. The minimum Gasteiger partial charge on any atom is -0.402 e. The van der Waals surface area contributed by atoms with Crippen molar-refractivity contribution in [2.24, 2.45) is 22.2 Å². The Labute approximate surface area is 234 Å². The molecule has 216 valence electrons. The number of hydrogen-bond donors (Lipinski definition) is 5. The van der Waals surface area contributed by atoms with Gasteiger partial charge in [-0.3, -0.25) is 4.99 Å². The van der Waals surface area contributed by atoms with Crippen molar-refractivity contribution >= 4 is 23.7 Å². The molecule has 1 aromatic carbocycles. The monoisotopic (exact) mass is 526 g/mol. The van der Waals surface area contributed by atoms with Crippen LogP contribution in [-0.4, -0.2) is 31.6 Å². The van der Waals surface area contributed by atoms with Crippen LogP contribution in [-0.2, 0) is 0 Å². The van der Waals surface area contributed by atoms with Gasteiger partial charge in [0.15, 0.2) is 0 Å². The first-order valence-electron chi connectivity index (χ1n) is 14.2. The Balaban J connectivity index is 0. The number of rotatable bonds is 8. The van der Waals surface area contributed by atoms with Gasteiger partial charge in [-0.25, -0.2) is 0 Å². The average Bonchev–Trinajstić information content (AvgIpc) is 2.89. The summed E-state index contributed by atoms with van der Waals surface area (Å²) in [6, 6.07) is 4.52. The molecule has 0 heterocycles. The fourth-order valence-corrected chi connectivity index (χ4v) is 4.07. The molecule has 0 aliphatic heterocycles. The van der Waals surface area contributed by atoms with Crippen molar-refractivity contribution in [3.05, 3.63) is 57.3 Å². The number of hydrogen-bond acceptors (Lipinski definition) is 6. The number of nitrogens with two attached hydrogens (primary N) is 4. The average molecular weight is 527 g/mol. The Morgan fingerprint density at radius 1 is 1.08 bits per heavy atom. The van der Waals surface area contributed by atoms with Gasteiger partial charge in [-0.2, -0.15) is 0 Å². The minimum atomic E-state index is 0.215. The fourth-order valence-electron chi connectivity index (χ4n) is 4.07. The number of unbranched alkanes of at least 4 members (excludes halogenated alkanes) is 1. The normalized spacial score (nSPS) is 14.2. The van der Waals surface area contributed by atoms with Gasteiger partial charge >= 0.3 is 0 Å². The van der Waals surface area contributed by atoms with Crippen LogP contribution in [0.15, 0.2) is 45.6 Å². The lowest BCUT2D eigenvalue weighted by Crippen LogP contribution is -2.12. The van der Waals surface area contributed by atoms with E-state index in [9.17, 15) is 0 Å². The first-order chi connectivity index (χ1) is 18.0. The summed E-state index contributed by atoms with van der Waals surface area (Å²) in [5, 5.41) is 8.00. The summed E-state index contributed by atoms with van der Waals surface area (Å²) in [5.41, 5.74) is 31.7. The van der Waals surface area contributed by atoms with Crippen LogP contribution >= 0.6 is 0 Å². The van der Waals surface area contributed by atoms with Gasteiger partial charge in [-0.05, 0) is 107 Å². The maximum Gasteiger partial charge on any atom is 0.0443 e. The smallest absolute Gasteiger partial charge is 0.0443 e. The van der Waals surface area contributed by atoms with Crippen LogP contribution < -0.4 is 22.9 Å². The van der Waals surface area contributed by atoms with E-state index in [0.717, 1.165) is 66.5 Å². The lowest BCUT2D eigenvalue weighted by molar-refractivity contribution is 0.718. The number of benzene rings is 1. The summed E-state index contributed by atoms with van der Waals surface area (Å²) in [6.45, 7) is 18.3. The predicted octanol–water partition coefficient (Wildman–Crippen LogP) is 7.30. The van der Waals surface area contributed by atoms with Gasteiger partial charge in [-0.1, -0.05) is 53.2 Å². The third-order valence-electron chi connectivity index (χ3n) is 5.58. The number of allylic oxidation sites excluding steroid dienone is 6. The van der Waals surface area contributed by atoms with E-state index in [1.165, 1.54) is 30.0 Å². The number of aryl methyl sites for hydroxylation is 1. The highest BCUT2D eigenvalue weighted by Gasteiger charge is 2.23. The molecule has 6 nitrogen and oxygen atoms in total. The zero-order valence-electron chi connectivity index (χ0n) is 26.0. The highest BCUT2D eigenvalue weighted by molar-refractivity contribution is 5.97. The number of nitrogens with zero attached hydrogens (tertiary/aromatic N) is 1. The molecule has 1 aliphatic rings. The van der Waals surface area contributed by atoms with Crippen LogP contribution in [0.1, 0.15) is 111 Å². The van der Waals surface area contributed by atoms with E-state index in [-0.39, 0.29) is 6.04 Å². The second-order valence-electron chi connectivity index (χ2n) is 9.69. The maximum atomic E-state index is 8.00. The lowest BCUT2D eigenvalue weighted by Gasteiger charge is -2.27. The second kappa shape index (κ2) is 21.3. The molecule has 38 heavy (non-hydrogen) atoms. The molecule has 0 aromatic heterocycles. The predicted molar refractivity (Wildman–Crippen MR) is 173 cm³/mol. The van der Waals surface area contributed by atoms with Gasteiger partial charge in [0.1, 0.15) is 0 Å². The molecule has 0 spiro atoms. The first-order valence-corrected chi connectivity index (χ1v) is 14.2. The summed E-state index contributed by atoms with van der Waals surface area (Å²) in [5.74, 6) is 0. The van der Waals surface area contributed by atoms with E-state index in [1.54, 1.807) is 0 Å². The molecule has 0 saturated heterocycles. The number of aliphatic imine (C=N–C) groups is 1. The first kappa shape index (κ1) is 37.5. The van der Waals surface area contributed by atoms with Gasteiger partial charge in [0.25, 0.3) is 0 Å². The van der Waals surface area contributed by atoms with E-state index in [4.69, 9.17) is 22.6 Å². The molecule has 0 radical (unpaired) electrons. The molecule has 0 bridgehead atoms. The van der Waals surface area contributed by atoms with Gasteiger partial charge in [-0.15, -0.1) is 0 Å². The lowest BCUT2D eigenvalue weighted by atomic mass is 9.78. The molecule has 0 fully saturated rings. The van der Waals surface area contributed by atoms with Gasteiger partial charge in [0.2, 0.25) is 0 Å². The van der Waals surface area contributed by atoms with Crippen LogP contribution in [0, 0.1) is 12.3 Å². The van der Waals surface area contributed by atoms with Crippen molar-refractivity contribution in [2.75, 3.05) is 12.8 Å². The summed E-state index contributed by atoms with van der Waals surface area (Å²) >= 11 is 0. The van der Waals surface area contributed by atoms with Crippen molar-refractivity contribution in [3.63, 3.8) is 0 Å². The van der Waals surface area contributed by atoms with Crippen LogP contribution in [0.25, 0.3) is 5.57 Å². The minimum absolute atomic E-state index is 0.215. The quantitative estimate of drug-likeness (QED) is 0.138. The Kier molecular flexibility index (Phi) is 21.0. The molecular weight excluding hydrogens is 468 g/mol. The molecule has 0 amide bonds. The van der Waals surface area contributed by atoms with Gasteiger partial charge < -0.3 is 28.3 Å². The third kappa shape index (κ3) is 12.7. The van der Waals surface area contributed by atoms with Crippen molar-refractivity contribution < 1.29 is 0 Å². The summed E-state index contributed by atoms with van der Waals surface area (Å²) in [6.07, 6.45) is 12.0. The Morgan fingerprint density at radius 2 is 1.63 bits per heavy atom. The van der Waals surface area contributed by atoms with Crippen molar-refractivity contribution in [1.29, 1.82) is 5.41 Å². The van der Waals surface area contributed by atoms with Crippen LogP contribution in [0.5, 0.6) is 0 Å². The van der Waals surface area contributed by atoms with Crippen molar-refractivity contribution in [1.82, 2.24) is 0 Å². The van der Waals surface area contributed by atoms with E-state index in [0.29, 0.717) is 11.7 Å². The van der Waals surface area contributed by atoms with Crippen LogP contribution in [0.4, 0.5) is 5.69 Å². The molecule has 1 aromatic rings. The molecule has 1 aliphatic carbocycles. The maximum absolute atomic E-state index is 8.00. The number of nitrogens with one attached hydrogen (secondary N) is 1. The highest BCUT2D eigenvalue weighted by atomic mass is 14.7. The van der Waals surface area contributed by atoms with E-state index in [2.05, 4.69) is 50.6 Å². The molecular formula is C32H58N6. The second-order valence-corrected chi connectivity index (χ2v) is 9.69. The number of anilines is 1. The van der Waals surface area contributed by atoms with Crippen molar-refractivity contribution in [2.45, 2.75) is 113 Å². The molecule has 9 N–H and O–H groups in total. The van der Waals surface area contributed by atoms with Crippen LogP contribution in [0.2, 0.25) is 0 Å². The molecule has 0 saturated carbocycles. The largest absolute Gasteiger partial charge is 0.402 e. The van der Waals surface area contributed by atoms with Crippen LogP contribution in [0.3, 0.4) is 0 Å². The zero-order valence-corrected chi connectivity index (χ0v) is 26.0. The molecule has 0 unspecified atom stereocenters. The van der Waals surface area contributed by atoms with Gasteiger partial charge in [0.05, 0.1) is 0 Å². The van der Waals surface area contributed by atoms with E-state index in [1.807, 2.05) is 46.9 Å². The molecule has 0 atom stereocenters. The van der Waals surface area contributed by atoms with E-state index >= 15 is 0 Å². The zero-order chi connectivity index (χ0) is 29.8. The SMILES string of the molecule is CC.CC(C)N.CCC/C=C(C1=C(c2c(C)ccc(N)c2C=N)CCCC1)\C(C=NC(C)C)=C(/C)N.CN. The summed E-state index contributed by atoms with van der Waals surface area (Å²) < 4.78 is 0. The van der Waals surface area contributed by atoms with E-state index < -0.39 is 0 Å². The summed E-state index contributed by atoms with van der Waals surface area (Å²) in [7, 11) is 1.50. The van der Waals surface area contributed by atoms with Gasteiger partial charge in [0, 0.05) is 41.0 Å². The topological polar surface area (TPSA) is 140 Å². The Hall–Kier alpha value is -2.70. The molecule has 6 heteroatoms. The van der Waals surface area contributed by atoms with Crippen molar-refractivity contribution in [3.8, 4) is 0 Å². The molecule has 2 rings (SSSR count). The standard InChI is InChI=1S/C26H38N4.C3H9N.C2H6.CH5N/c1-6-7-10-21(24(19(5)28)16-30-17(2)3)20-11-8-9-12-22(20)26-18(4)13-14-25(29)23(26)15-27;1-3(2)4;2*1-2/h10,13-17,27H,6-9,11-12,28-29H2,1-5H3;3H,4H2,1-2H3;1-2H3;2H2,1H3/b21-10-,24-19+,27-15?,30-16?;;;. The number of nitrogen functional groups attached to an aromatic ring is 1. The summed E-state index contributed by atoms with van der Waals surface area (Å²) in [4.78, 5) is 4.65. The highest BCUT2D eigenvalue weighted by Crippen LogP contribution is 2.41. The Bertz CT molecular complexity index is 942.